The molecule has 0 spiro atoms. The van der Waals surface area contributed by atoms with Crippen molar-refractivity contribution in [2.24, 2.45) is 0 Å². The second-order valence-electron chi connectivity index (χ2n) is 6.09. The minimum absolute atomic E-state index is 0.0992. The lowest BCUT2D eigenvalue weighted by atomic mass is 9.87. The fourth-order valence-corrected chi connectivity index (χ4v) is 3.90. The fourth-order valence-electron chi connectivity index (χ4n) is 3.57. The van der Waals surface area contributed by atoms with Crippen molar-refractivity contribution in [3.8, 4) is 6.07 Å². The lowest BCUT2D eigenvalue weighted by molar-refractivity contribution is 0.486. The molecule has 0 radical (unpaired) electrons. The van der Waals surface area contributed by atoms with Crippen molar-refractivity contribution in [3.63, 3.8) is 0 Å². The number of thioether (sulfide) groups is 1. The molecule has 2 aromatic heterocycles. The molecule has 0 aliphatic heterocycles. The Morgan fingerprint density at radius 1 is 1.30 bits per heavy atom. The summed E-state index contributed by atoms with van der Waals surface area (Å²) < 4.78 is 1.70. The van der Waals surface area contributed by atoms with Crippen molar-refractivity contribution in [2.45, 2.75) is 44.3 Å². The first kappa shape index (κ1) is 19.1. The Balaban J connectivity index is 0.00000102. The van der Waals surface area contributed by atoms with Gasteiger partial charge in [-0.2, -0.15) is 5.26 Å². The Hall–Kier alpha value is -2.65. The van der Waals surface area contributed by atoms with E-state index in [9.17, 15) is 10.1 Å². The van der Waals surface area contributed by atoms with Crippen LogP contribution in [0.15, 0.2) is 46.5 Å². The van der Waals surface area contributed by atoms with Crippen LogP contribution in [0, 0.1) is 11.3 Å². The first-order chi connectivity index (χ1) is 13.2. The predicted molar refractivity (Wildman–Crippen MR) is 109 cm³/mol. The van der Waals surface area contributed by atoms with Crippen molar-refractivity contribution in [3.05, 3.63) is 63.6 Å². The van der Waals surface area contributed by atoms with Crippen molar-refractivity contribution >= 4 is 22.8 Å². The summed E-state index contributed by atoms with van der Waals surface area (Å²) in [6.07, 6.45) is 6.48. The maximum Gasteiger partial charge on any atom is 0.270 e. The highest BCUT2D eigenvalue weighted by Gasteiger charge is 2.25. The van der Waals surface area contributed by atoms with Crippen molar-refractivity contribution < 1.29 is 0 Å². The summed E-state index contributed by atoms with van der Waals surface area (Å²) >= 11 is 1.44. The number of rotatable bonds is 2. The van der Waals surface area contributed by atoms with E-state index in [1.54, 1.807) is 16.8 Å². The monoisotopic (exact) mass is 378 g/mol. The molecule has 0 amide bonds. The minimum atomic E-state index is -0.276. The number of nitrogens with zero attached hydrogens (tertiary/aromatic N) is 4. The van der Waals surface area contributed by atoms with Gasteiger partial charge in [-0.05, 0) is 42.7 Å². The summed E-state index contributed by atoms with van der Waals surface area (Å²) in [6, 6.07) is 11.7. The third-order valence-electron chi connectivity index (χ3n) is 4.70. The number of hydrogen-bond acceptors (Lipinski definition) is 5. The molecular weight excluding hydrogens is 356 g/mol. The van der Waals surface area contributed by atoms with E-state index in [0.717, 1.165) is 30.2 Å². The van der Waals surface area contributed by atoms with Gasteiger partial charge in [0.05, 0.1) is 6.04 Å². The third-order valence-corrected chi connectivity index (χ3v) is 5.27. The van der Waals surface area contributed by atoms with E-state index in [2.05, 4.69) is 22.1 Å². The zero-order valence-corrected chi connectivity index (χ0v) is 16.6. The molecule has 3 aromatic rings. The molecule has 1 atom stereocenters. The predicted octanol–water partition coefficient (Wildman–Crippen LogP) is 4.34. The molecular formula is C21H22N4OS. The van der Waals surface area contributed by atoms with Gasteiger partial charge in [0.25, 0.3) is 5.56 Å². The second kappa shape index (κ2) is 8.36. The van der Waals surface area contributed by atoms with E-state index in [0.29, 0.717) is 10.8 Å². The van der Waals surface area contributed by atoms with E-state index in [1.807, 2.05) is 38.3 Å². The van der Waals surface area contributed by atoms with Crippen LogP contribution in [0.4, 0.5) is 0 Å². The summed E-state index contributed by atoms with van der Waals surface area (Å²) in [5, 5.41) is 10.7. The Morgan fingerprint density at radius 2 is 2.07 bits per heavy atom. The maximum atomic E-state index is 13.0. The van der Waals surface area contributed by atoms with Crippen LogP contribution in [0.5, 0.6) is 0 Å². The number of aromatic nitrogens is 3. The number of pyridine rings is 1. The molecule has 0 saturated heterocycles. The Kier molecular flexibility index (Phi) is 5.92. The summed E-state index contributed by atoms with van der Waals surface area (Å²) in [6.45, 7) is 4.00. The molecule has 6 heteroatoms. The lowest BCUT2D eigenvalue weighted by Gasteiger charge is -2.28. The zero-order chi connectivity index (χ0) is 19.4. The average molecular weight is 379 g/mol. The van der Waals surface area contributed by atoms with Crippen molar-refractivity contribution in [1.29, 1.82) is 5.26 Å². The highest BCUT2D eigenvalue weighted by atomic mass is 32.2. The van der Waals surface area contributed by atoms with Crippen LogP contribution in [-0.2, 0) is 6.42 Å². The van der Waals surface area contributed by atoms with E-state index in [-0.39, 0.29) is 17.2 Å². The molecule has 1 aliphatic carbocycles. The number of aryl methyl sites for hydroxylation is 1. The van der Waals surface area contributed by atoms with Crippen molar-refractivity contribution in [1.82, 2.24) is 14.5 Å². The van der Waals surface area contributed by atoms with E-state index >= 15 is 0 Å². The number of benzene rings is 1. The highest BCUT2D eigenvalue weighted by molar-refractivity contribution is 7.98. The summed E-state index contributed by atoms with van der Waals surface area (Å²) in [5.41, 5.74) is 2.88. The maximum absolute atomic E-state index is 13.0. The van der Waals surface area contributed by atoms with Gasteiger partial charge in [0.15, 0.2) is 5.16 Å². The summed E-state index contributed by atoms with van der Waals surface area (Å²) in [4.78, 5) is 21.9. The quantitative estimate of drug-likeness (QED) is 0.490. The summed E-state index contributed by atoms with van der Waals surface area (Å²) in [7, 11) is 0. The van der Waals surface area contributed by atoms with E-state index in [4.69, 9.17) is 0 Å². The Morgan fingerprint density at radius 3 is 2.81 bits per heavy atom. The molecule has 0 saturated carbocycles. The number of nitriles is 1. The van der Waals surface area contributed by atoms with Crippen LogP contribution in [0.1, 0.15) is 49.4 Å². The highest BCUT2D eigenvalue weighted by Crippen LogP contribution is 2.33. The van der Waals surface area contributed by atoms with E-state index in [1.165, 1.54) is 17.3 Å². The Labute approximate surface area is 163 Å². The van der Waals surface area contributed by atoms with E-state index < -0.39 is 0 Å². The molecule has 0 fully saturated rings. The second-order valence-corrected chi connectivity index (χ2v) is 6.86. The fraction of sp³-hybridized carbons (Fsp3) is 0.333. The standard InChI is InChI=1S/C19H16N4OS.C2H6/c1-25-19-21-11-14-9-13(10-20)18(24)23(17(14)22-19)16-8-4-6-12-5-2-3-7-15(12)16;1-2/h2-3,5,7,9,11,16H,4,6,8H2,1H3;1-2H3. The smallest absolute Gasteiger partial charge is 0.270 e. The van der Waals surface area contributed by atoms with Gasteiger partial charge < -0.3 is 0 Å². The first-order valence-corrected chi connectivity index (χ1v) is 10.4. The lowest BCUT2D eigenvalue weighted by Crippen LogP contribution is -2.30. The van der Waals surface area contributed by atoms with Gasteiger partial charge in [-0.15, -0.1) is 0 Å². The number of fused-ring (bicyclic) bond motifs is 2. The van der Waals surface area contributed by atoms with Crippen LogP contribution >= 0.6 is 11.8 Å². The van der Waals surface area contributed by atoms with Gasteiger partial charge in [-0.1, -0.05) is 49.9 Å². The van der Waals surface area contributed by atoms with Gasteiger partial charge in [0, 0.05) is 11.6 Å². The van der Waals surface area contributed by atoms with Crippen LogP contribution in [-0.4, -0.2) is 20.8 Å². The molecule has 0 bridgehead atoms. The molecule has 2 heterocycles. The van der Waals surface area contributed by atoms with Crippen LogP contribution in [0.3, 0.4) is 0 Å². The van der Waals surface area contributed by atoms with Crippen LogP contribution in [0.2, 0.25) is 0 Å². The minimum Gasteiger partial charge on any atom is -0.284 e. The largest absolute Gasteiger partial charge is 0.284 e. The van der Waals surface area contributed by atoms with Gasteiger partial charge in [-0.3, -0.25) is 9.36 Å². The zero-order valence-electron chi connectivity index (χ0n) is 15.8. The van der Waals surface area contributed by atoms with Gasteiger partial charge in [-0.25, -0.2) is 9.97 Å². The van der Waals surface area contributed by atoms with Crippen molar-refractivity contribution in [2.75, 3.05) is 6.26 Å². The SMILES string of the molecule is CC.CSc1ncc2cc(C#N)c(=O)n(C3CCCc4ccccc43)c2n1. The molecule has 138 valence electrons. The average Bonchev–Trinajstić information content (AvgIpc) is 2.74. The number of hydrogen-bond donors (Lipinski definition) is 0. The Bertz CT molecular complexity index is 1070. The topological polar surface area (TPSA) is 71.6 Å². The first-order valence-electron chi connectivity index (χ1n) is 9.17. The molecule has 1 aliphatic rings. The normalized spacial score (nSPS) is 15.4. The van der Waals surface area contributed by atoms with Crippen LogP contribution in [0.25, 0.3) is 11.0 Å². The van der Waals surface area contributed by atoms with Gasteiger partial charge in [0.1, 0.15) is 17.3 Å². The van der Waals surface area contributed by atoms with Gasteiger partial charge in [0.2, 0.25) is 0 Å². The summed E-state index contributed by atoms with van der Waals surface area (Å²) in [5.74, 6) is 0. The third kappa shape index (κ3) is 3.47. The molecule has 0 N–H and O–H groups in total. The molecule has 5 nitrogen and oxygen atoms in total. The molecule has 1 unspecified atom stereocenters. The molecule has 27 heavy (non-hydrogen) atoms. The molecule has 4 rings (SSSR count). The van der Waals surface area contributed by atoms with Crippen LogP contribution < -0.4 is 5.56 Å². The van der Waals surface area contributed by atoms with Gasteiger partial charge >= 0.3 is 0 Å². The molecule has 1 aromatic carbocycles.